The second-order valence-electron chi connectivity index (χ2n) is 9.07. The van der Waals surface area contributed by atoms with E-state index in [9.17, 15) is 18.8 Å². The molecule has 0 aromatic heterocycles. The van der Waals surface area contributed by atoms with Gasteiger partial charge in [-0.2, -0.15) is 4.99 Å². The minimum absolute atomic E-state index is 0.0537. The first-order valence-electron chi connectivity index (χ1n) is 12.0. The van der Waals surface area contributed by atoms with Crippen LogP contribution in [-0.4, -0.2) is 57.6 Å². The van der Waals surface area contributed by atoms with Crippen molar-refractivity contribution in [2.75, 3.05) is 25.0 Å². The summed E-state index contributed by atoms with van der Waals surface area (Å²) in [6, 6.07) is 13.0. The Kier molecular flexibility index (Phi) is 6.86. The van der Waals surface area contributed by atoms with Gasteiger partial charge in [0, 0.05) is 37.3 Å². The number of benzene rings is 2. The highest BCUT2D eigenvalue weighted by Gasteiger charge is 2.34. The fourth-order valence-corrected chi connectivity index (χ4v) is 5.95. The van der Waals surface area contributed by atoms with Crippen LogP contribution in [-0.2, 0) is 9.59 Å². The zero-order valence-electron chi connectivity index (χ0n) is 19.3. The number of halogens is 1. The Morgan fingerprint density at radius 3 is 2.43 bits per heavy atom. The quantitative estimate of drug-likeness (QED) is 0.673. The largest absolute Gasteiger partial charge is 0.351 e. The van der Waals surface area contributed by atoms with Gasteiger partial charge in [0.2, 0.25) is 5.91 Å². The third-order valence-corrected chi connectivity index (χ3v) is 7.87. The van der Waals surface area contributed by atoms with E-state index in [0.29, 0.717) is 17.8 Å². The van der Waals surface area contributed by atoms with E-state index in [2.05, 4.69) is 15.2 Å². The lowest BCUT2D eigenvalue weighted by atomic mass is 10.0. The summed E-state index contributed by atoms with van der Waals surface area (Å²) >= 11 is 1.37. The summed E-state index contributed by atoms with van der Waals surface area (Å²) in [4.78, 5) is 46.0. The number of anilines is 1. The molecule has 35 heavy (non-hydrogen) atoms. The molecule has 3 aliphatic heterocycles. The lowest BCUT2D eigenvalue weighted by Gasteiger charge is -2.25. The van der Waals surface area contributed by atoms with E-state index in [1.54, 1.807) is 36.4 Å². The lowest BCUT2D eigenvalue weighted by Crippen LogP contribution is -2.30. The fourth-order valence-electron chi connectivity index (χ4n) is 4.84. The maximum atomic E-state index is 13.3. The average Bonchev–Trinajstić information content (AvgIpc) is 3.61. The van der Waals surface area contributed by atoms with E-state index in [4.69, 9.17) is 0 Å². The van der Waals surface area contributed by atoms with E-state index in [-0.39, 0.29) is 36.0 Å². The molecule has 2 atom stereocenters. The maximum Gasteiger partial charge on any atom is 0.262 e. The number of nitrogens with zero attached hydrogens (tertiary/aromatic N) is 3. The highest BCUT2D eigenvalue weighted by Crippen LogP contribution is 2.33. The second-order valence-corrected chi connectivity index (χ2v) is 10.2. The van der Waals surface area contributed by atoms with Gasteiger partial charge in [0.25, 0.3) is 11.8 Å². The van der Waals surface area contributed by atoms with Crippen LogP contribution >= 0.6 is 11.8 Å². The van der Waals surface area contributed by atoms with Crippen molar-refractivity contribution in [3.8, 4) is 0 Å². The van der Waals surface area contributed by atoms with Gasteiger partial charge >= 0.3 is 0 Å². The van der Waals surface area contributed by atoms with E-state index < -0.39 is 5.25 Å². The number of nitrogens with one attached hydrogen (secondary N) is 1. The van der Waals surface area contributed by atoms with Gasteiger partial charge in [0.1, 0.15) is 11.1 Å². The van der Waals surface area contributed by atoms with Crippen LogP contribution in [0.2, 0.25) is 0 Å². The monoisotopic (exact) mass is 494 g/mol. The molecular formula is C26H27FN4O3S. The number of thioether (sulfide) groups is 1. The van der Waals surface area contributed by atoms with Crippen molar-refractivity contribution in [1.29, 1.82) is 0 Å². The molecule has 5 rings (SSSR count). The Balaban J connectivity index is 1.17. The third-order valence-electron chi connectivity index (χ3n) is 6.66. The van der Waals surface area contributed by atoms with E-state index in [1.807, 2.05) is 4.90 Å². The molecule has 2 aromatic rings. The van der Waals surface area contributed by atoms with Crippen LogP contribution in [0.4, 0.5) is 10.1 Å². The highest BCUT2D eigenvalue weighted by molar-refractivity contribution is 8.15. The zero-order valence-corrected chi connectivity index (χ0v) is 20.1. The van der Waals surface area contributed by atoms with Crippen LogP contribution in [0.3, 0.4) is 0 Å². The van der Waals surface area contributed by atoms with Gasteiger partial charge in [-0.15, -0.1) is 0 Å². The molecule has 2 aromatic carbocycles. The number of amidine groups is 1. The normalized spacial score (nSPS) is 22.0. The molecule has 0 radical (unpaired) electrons. The van der Waals surface area contributed by atoms with Crippen LogP contribution in [0.15, 0.2) is 53.5 Å². The van der Waals surface area contributed by atoms with Crippen LogP contribution < -0.4 is 5.32 Å². The summed E-state index contributed by atoms with van der Waals surface area (Å²) in [7, 11) is 0. The number of carbonyl (C=O) groups is 3. The van der Waals surface area contributed by atoms with Gasteiger partial charge < -0.3 is 15.1 Å². The fraction of sp³-hybridized carbons (Fsp3) is 0.385. The van der Waals surface area contributed by atoms with Gasteiger partial charge in [0.15, 0.2) is 5.17 Å². The van der Waals surface area contributed by atoms with Gasteiger partial charge in [-0.25, -0.2) is 4.39 Å². The minimum Gasteiger partial charge on any atom is -0.351 e. The Morgan fingerprint density at radius 2 is 1.71 bits per heavy atom. The molecule has 1 N–H and O–H groups in total. The number of rotatable bonds is 5. The average molecular weight is 495 g/mol. The van der Waals surface area contributed by atoms with Crippen molar-refractivity contribution >= 4 is 40.3 Å². The number of aliphatic imine (C=N–C) groups is 1. The smallest absolute Gasteiger partial charge is 0.262 e. The van der Waals surface area contributed by atoms with Crippen molar-refractivity contribution in [2.45, 2.75) is 43.4 Å². The minimum atomic E-state index is -0.495. The van der Waals surface area contributed by atoms with Gasteiger partial charge in [0.05, 0.1) is 6.04 Å². The van der Waals surface area contributed by atoms with Crippen LogP contribution in [0, 0.1) is 5.82 Å². The summed E-state index contributed by atoms with van der Waals surface area (Å²) in [5, 5.41) is 3.06. The Hall–Kier alpha value is -3.20. The zero-order chi connectivity index (χ0) is 24.4. The van der Waals surface area contributed by atoms with E-state index >= 15 is 0 Å². The second kappa shape index (κ2) is 10.2. The molecule has 3 amide bonds. The lowest BCUT2D eigenvalue weighted by molar-refractivity contribution is -0.121. The summed E-state index contributed by atoms with van der Waals surface area (Å²) in [5.41, 5.74) is 2.03. The molecule has 3 heterocycles. The van der Waals surface area contributed by atoms with E-state index in [1.165, 1.54) is 23.9 Å². The van der Waals surface area contributed by atoms with Crippen LogP contribution in [0.5, 0.6) is 0 Å². The molecule has 9 heteroatoms. The predicted molar refractivity (Wildman–Crippen MR) is 134 cm³/mol. The molecule has 3 aliphatic rings. The molecule has 0 spiro atoms. The third kappa shape index (κ3) is 5.24. The van der Waals surface area contributed by atoms with Gasteiger partial charge in [-0.1, -0.05) is 23.9 Å². The Labute approximate surface area is 207 Å². The first-order valence-corrected chi connectivity index (χ1v) is 12.9. The van der Waals surface area contributed by atoms with Gasteiger partial charge in [-0.3, -0.25) is 14.4 Å². The highest BCUT2D eigenvalue weighted by atomic mass is 32.2. The Morgan fingerprint density at radius 1 is 1.00 bits per heavy atom. The summed E-state index contributed by atoms with van der Waals surface area (Å²) in [5.74, 6) is -0.898. The molecule has 2 saturated heterocycles. The molecular weight excluding hydrogens is 467 g/mol. The maximum absolute atomic E-state index is 13.3. The number of hydrogen-bond donors (Lipinski definition) is 1. The molecule has 0 unspecified atom stereocenters. The number of likely N-dealkylation sites (tertiary alicyclic amines) is 2. The molecule has 7 nitrogen and oxygen atoms in total. The topological polar surface area (TPSA) is 82.1 Å². The van der Waals surface area contributed by atoms with Crippen LogP contribution in [0.1, 0.15) is 54.1 Å². The standard InChI is InChI=1S/C26H27FN4O3S/c27-19-9-5-17(6-10-19)21-4-3-15-31(21)25(34)18-7-11-20(12-8-18)28-23(32)16-22-24(33)29-26(35-22)30-13-1-2-14-30/h5-12,21-22H,1-4,13-16H2,(H,28,32)/t21-,22-/m1/s1. The SMILES string of the molecule is O=C(C[C@H]1SC(N2CCCC2)=NC1=O)Nc1ccc(C(=O)N2CCC[C@@H]2c2ccc(F)cc2)cc1. The molecule has 0 bridgehead atoms. The first-order chi connectivity index (χ1) is 17.0. The summed E-state index contributed by atoms with van der Waals surface area (Å²) < 4.78 is 13.3. The summed E-state index contributed by atoms with van der Waals surface area (Å²) in [6.45, 7) is 2.46. The number of amides is 3. The van der Waals surface area contributed by atoms with E-state index in [0.717, 1.165) is 49.5 Å². The van der Waals surface area contributed by atoms with Crippen LogP contribution in [0.25, 0.3) is 0 Å². The molecule has 182 valence electrons. The predicted octanol–water partition coefficient (Wildman–Crippen LogP) is 4.23. The van der Waals surface area contributed by atoms with Gasteiger partial charge in [-0.05, 0) is 67.6 Å². The Bertz CT molecular complexity index is 1150. The van der Waals surface area contributed by atoms with Crippen molar-refractivity contribution in [2.24, 2.45) is 4.99 Å². The van der Waals surface area contributed by atoms with Crippen molar-refractivity contribution in [3.63, 3.8) is 0 Å². The van der Waals surface area contributed by atoms with Crippen molar-refractivity contribution in [1.82, 2.24) is 9.80 Å². The number of hydrogen-bond acceptors (Lipinski definition) is 5. The number of carbonyl (C=O) groups excluding carboxylic acids is 3. The molecule has 0 aliphatic carbocycles. The molecule has 0 saturated carbocycles. The first kappa shape index (κ1) is 23.5. The van der Waals surface area contributed by atoms with Crippen molar-refractivity contribution in [3.05, 3.63) is 65.5 Å². The van der Waals surface area contributed by atoms with Crippen molar-refractivity contribution < 1.29 is 18.8 Å². The molecule has 2 fully saturated rings. The summed E-state index contributed by atoms with van der Waals surface area (Å²) in [6.07, 6.45) is 3.98.